The first-order valence-corrected chi connectivity index (χ1v) is 9.64. The van der Waals surface area contributed by atoms with Crippen LogP contribution in [0, 0.1) is 5.92 Å². The molecule has 2 aromatic rings. The zero-order valence-electron chi connectivity index (χ0n) is 15.0. The van der Waals surface area contributed by atoms with Gasteiger partial charge in [-0.1, -0.05) is 49.6 Å². The number of amides is 1. The Hall–Kier alpha value is -2.33. The normalized spacial score (nSPS) is 22.1. The lowest BCUT2D eigenvalue weighted by Crippen LogP contribution is -2.44. The molecule has 1 saturated carbocycles. The minimum Gasteiger partial charge on any atom is -0.364 e. The number of para-hydroxylation sites is 1. The van der Waals surface area contributed by atoms with Gasteiger partial charge in [-0.25, -0.2) is 5.48 Å². The first kappa shape index (κ1) is 17.1. The highest BCUT2D eigenvalue weighted by Crippen LogP contribution is 2.40. The summed E-state index contributed by atoms with van der Waals surface area (Å²) < 4.78 is 0. The van der Waals surface area contributed by atoms with Crippen LogP contribution in [-0.4, -0.2) is 17.2 Å². The summed E-state index contributed by atoms with van der Waals surface area (Å²) in [5.41, 5.74) is 6.19. The number of hydrogen-bond acceptors (Lipinski definition) is 3. The first-order valence-electron chi connectivity index (χ1n) is 9.64. The largest absolute Gasteiger partial charge is 0.364 e. The third-order valence-electron chi connectivity index (χ3n) is 5.97. The lowest BCUT2D eigenvalue weighted by molar-refractivity contribution is 0.0706. The molecule has 0 spiro atoms. The van der Waals surface area contributed by atoms with E-state index in [4.69, 9.17) is 5.21 Å². The molecular weight excluding hydrogens is 324 g/mol. The third kappa shape index (κ3) is 3.34. The number of hydroxylamine groups is 1. The van der Waals surface area contributed by atoms with E-state index < -0.39 is 5.91 Å². The van der Waals surface area contributed by atoms with Gasteiger partial charge < -0.3 is 4.90 Å². The van der Waals surface area contributed by atoms with E-state index in [0.717, 1.165) is 12.5 Å². The molecule has 2 atom stereocenters. The van der Waals surface area contributed by atoms with E-state index in [0.29, 0.717) is 11.6 Å². The molecule has 1 amide bonds. The van der Waals surface area contributed by atoms with Crippen LogP contribution in [0.3, 0.4) is 0 Å². The van der Waals surface area contributed by atoms with Crippen LogP contribution in [0.1, 0.15) is 53.6 Å². The lowest BCUT2D eigenvalue weighted by Gasteiger charge is -2.43. The van der Waals surface area contributed by atoms with Crippen molar-refractivity contribution in [1.82, 2.24) is 5.48 Å². The second-order valence-electron chi connectivity index (χ2n) is 7.56. The van der Waals surface area contributed by atoms with Crippen LogP contribution in [0.15, 0.2) is 48.5 Å². The van der Waals surface area contributed by atoms with Crippen molar-refractivity contribution in [1.29, 1.82) is 0 Å². The van der Waals surface area contributed by atoms with Crippen LogP contribution in [0.25, 0.3) is 0 Å². The van der Waals surface area contributed by atoms with Crippen LogP contribution < -0.4 is 10.4 Å². The lowest BCUT2D eigenvalue weighted by atomic mass is 9.82. The Kier molecular flexibility index (Phi) is 4.93. The van der Waals surface area contributed by atoms with Gasteiger partial charge in [0, 0.05) is 23.8 Å². The van der Waals surface area contributed by atoms with E-state index in [-0.39, 0.29) is 0 Å². The second kappa shape index (κ2) is 7.50. The maximum atomic E-state index is 11.5. The van der Waals surface area contributed by atoms with Crippen molar-refractivity contribution in [2.75, 3.05) is 4.90 Å². The van der Waals surface area contributed by atoms with Crippen molar-refractivity contribution in [2.24, 2.45) is 5.92 Å². The van der Waals surface area contributed by atoms with Crippen molar-refractivity contribution >= 4 is 11.6 Å². The first-order chi connectivity index (χ1) is 12.8. The van der Waals surface area contributed by atoms with Gasteiger partial charge in [0.1, 0.15) is 0 Å². The SMILES string of the molecule is O=C(NO)c1ccc(CN2c3ccccc3C[C@@H]3CCCCC[C@H]32)cc1. The van der Waals surface area contributed by atoms with E-state index in [9.17, 15) is 4.79 Å². The van der Waals surface area contributed by atoms with Gasteiger partial charge in [0.05, 0.1) is 0 Å². The molecule has 0 bridgehead atoms. The number of anilines is 1. The molecule has 26 heavy (non-hydrogen) atoms. The Bertz CT molecular complexity index is 772. The number of hydrogen-bond donors (Lipinski definition) is 2. The van der Waals surface area contributed by atoms with E-state index in [1.807, 2.05) is 12.1 Å². The standard InChI is InChI=1S/C22H26N2O2/c25-22(23-26)17-12-10-16(11-13-17)15-24-20-8-3-1-2-6-18(20)14-19-7-4-5-9-21(19)24/h4-5,7,9-13,18,20,26H,1-3,6,8,14-15H2,(H,23,25)/t18-,20+/m0/s1. The molecule has 4 rings (SSSR count). The predicted molar refractivity (Wildman–Crippen MR) is 102 cm³/mol. The summed E-state index contributed by atoms with van der Waals surface area (Å²) >= 11 is 0. The molecule has 0 radical (unpaired) electrons. The fraction of sp³-hybridized carbons (Fsp3) is 0.409. The second-order valence-corrected chi connectivity index (χ2v) is 7.56. The van der Waals surface area contributed by atoms with Crippen LogP contribution >= 0.6 is 0 Å². The van der Waals surface area contributed by atoms with Crippen LogP contribution in [0.4, 0.5) is 5.69 Å². The number of carbonyl (C=O) groups excluding carboxylic acids is 1. The number of benzene rings is 2. The summed E-state index contributed by atoms with van der Waals surface area (Å²) in [6.07, 6.45) is 7.81. The quantitative estimate of drug-likeness (QED) is 0.640. The molecule has 2 aromatic carbocycles. The molecule has 0 aromatic heterocycles. The minimum atomic E-state index is -0.469. The monoisotopic (exact) mass is 350 g/mol. The fourth-order valence-electron chi connectivity index (χ4n) is 4.66. The minimum absolute atomic E-state index is 0.469. The molecule has 2 N–H and O–H groups in total. The average Bonchev–Trinajstić information content (AvgIpc) is 2.93. The van der Waals surface area contributed by atoms with Gasteiger partial charge in [-0.2, -0.15) is 0 Å². The van der Waals surface area contributed by atoms with E-state index in [1.54, 1.807) is 17.6 Å². The molecule has 2 aliphatic rings. The summed E-state index contributed by atoms with van der Waals surface area (Å²) in [7, 11) is 0. The summed E-state index contributed by atoms with van der Waals surface area (Å²) in [5, 5.41) is 8.78. The summed E-state index contributed by atoms with van der Waals surface area (Å²) in [6, 6.07) is 17.0. The van der Waals surface area contributed by atoms with E-state index in [1.165, 1.54) is 55.3 Å². The molecule has 136 valence electrons. The highest BCUT2D eigenvalue weighted by molar-refractivity contribution is 5.93. The zero-order valence-corrected chi connectivity index (χ0v) is 15.0. The number of rotatable bonds is 3. The Labute approximate surface area is 154 Å². The Balaban J connectivity index is 1.63. The van der Waals surface area contributed by atoms with Gasteiger partial charge in [-0.15, -0.1) is 0 Å². The molecule has 1 aliphatic heterocycles. The number of fused-ring (bicyclic) bond motifs is 2. The zero-order chi connectivity index (χ0) is 17.9. The topological polar surface area (TPSA) is 52.6 Å². The molecule has 0 saturated heterocycles. The Morgan fingerprint density at radius 2 is 1.81 bits per heavy atom. The van der Waals surface area contributed by atoms with Crippen molar-refractivity contribution in [3.63, 3.8) is 0 Å². The molecule has 4 nitrogen and oxygen atoms in total. The van der Waals surface area contributed by atoms with Crippen molar-refractivity contribution in [3.05, 3.63) is 65.2 Å². The van der Waals surface area contributed by atoms with Gasteiger partial charge in [0.2, 0.25) is 0 Å². The molecule has 4 heteroatoms. The molecule has 0 unspecified atom stereocenters. The van der Waals surface area contributed by atoms with Gasteiger partial charge in [-0.05, 0) is 54.5 Å². The molecule has 1 aliphatic carbocycles. The van der Waals surface area contributed by atoms with E-state index in [2.05, 4.69) is 29.2 Å². The van der Waals surface area contributed by atoms with Gasteiger partial charge in [-0.3, -0.25) is 10.0 Å². The van der Waals surface area contributed by atoms with Crippen molar-refractivity contribution in [2.45, 2.75) is 51.1 Å². The molecule has 1 fully saturated rings. The maximum Gasteiger partial charge on any atom is 0.274 e. The van der Waals surface area contributed by atoms with Gasteiger partial charge >= 0.3 is 0 Å². The number of nitrogens with one attached hydrogen (secondary N) is 1. The summed E-state index contributed by atoms with van der Waals surface area (Å²) in [5.74, 6) is 0.274. The smallest absolute Gasteiger partial charge is 0.274 e. The highest BCUT2D eigenvalue weighted by Gasteiger charge is 2.34. The van der Waals surface area contributed by atoms with Crippen molar-refractivity contribution < 1.29 is 10.0 Å². The average molecular weight is 350 g/mol. The fourth-order valence-corrected chi connectivity index (χ4v) is 4.66. The molecule has 1 heterocycles. The Morgan fingerprint density at radius 1 is 1.04 bits per heavy atom. The van der Waals surface area contributed by atoms with Crippen LogP contribution in [0.2, 0.25) is 0 Å². The maximum absolute atomic E-state index is 11.5. The van der Waals surface area contributed by atoms with Crippen molar-refractivity contribution in [3.8, 4) is 0 Å². The Morgan fingerprint density at radius 3 is 2.62 bits per heavy atom. The summed E-state index contributed by atoms with van der Waals surface area (Å²) in [4.78, 5) is 14.1. The predicted octanol–water partition coefficient (Wildman–Crippen LogP) is 4.32. The number of nitrogens with zero attached hydrogens (tertiary/aromatic N) is 1. The van der Waals surface area contributed by atoms with Gasteiger partial charge in [0.25, 0.3) is 5.91 Å². The van der Waals surface area contributed by atoms with Gasteiger partial charge in [0.15, 0.2) is 0 Å². The van der Waals surface area contributed by atoms with Crippen LogP contribution in [0.5, 0.6) is 0 Å². The van der Waals surface area contributed by atoms with Crippen LogP contribution in [-0.2, 0) is 13.0 Å². The van der Waals surface area contributed by atoms with E-state index >= 15 is 0 Å². The highest BCUT2D eigenvalue weighted by atomic mass is 16.5. The summed E-state index contributed by atoms with van der Waals surface area (Å²) in [6.45, 7) is 0.860. The molecular formula is C22H26N2O2. The number of carbonyl (C=O) groups is 1. The third-order valence-corrected chi connectivity index (χ3v) is 5.97.